The second-order valence-electron chi connectivity index (χ2n) is 1.45. The molecule has 0 aliphatic heterocycles. The first-order valence-electron chi connectivity index (χ1n) is 2.03. The van der Waals surface area contributed by atoms with Gasteiger partial charge in [0.15, 0.2) is 0 Å². The first-order valence-corrected chi connectivity index (χ1v) is 2.03. The van der Waals surface area contributed by atoms with Crippen LogP contribution in [0.25, 0.3) is 0 Å². The fourth-order valence-electron chi connectivity index (χ4n) is 0.253. The molecule has 7 heavy (non-hydrogen) atoms. The summed E-state index contributed by atoms with van der Waals surface area (Å²) in [5.41, 5.74) is 0. The van der Waals surface area contributed by atoms with Crippen LogP contribution in [0.5, 0.6) is 0 Å². The van der Waals surface area contributed by atoms with Crippen LogP contribution in [-0.4, -0.2) is 22.3 Å². The second-order valence-corrected chi connectivity index (χ2v) is 1.45. The summed E-state index contributed by atoms with van der Waals surface area (Å²) >= 11 is 0. The van der Waals surface area contributed by atoms with Gasteiger partial charge in [-0.15, -0.1) is 0 Å². The Balaban J connectivity index is 3.13. The average molecular weight is 106 g/mol. The molecule has 0 amide bonds. The lowest BCUT2D eigenvalue weighted by molar-refractivity contribution is -0.138. The van der Waals surface area contributed by atoms with Gasteiger partial charge in [0.05, 0.1) is 12.5 Å². The zero-order chi connectivity index (χ0) is 5.86. The molecule has 0 spiro atoms. The zero-order valence-electron chi connectivity index (χ0n) is 4.09. The van der Waals surface area contributed by atoms with Crippen LogP contribution in [0, 0.1) is 0 Å². The highest BCUT2D eigenvalue weighted by atomic mass is 16.4. The molecule has 0 aliphatic carbocycles. The van der Waals surface area contributed by atoms with E-state index in [2.05, 4.69) is 0 Å². The smallest absolute Gasteiger partial charge is 0.305 e. The Kier molecular flexibility index (Phi) is 2.37. The molecule has 0 aromatic heterocycles. The number of aliphatic hydroxyl groups is 1. The number of rotatable bonds is 2. The summed E-state index contributed by atoms with van der Waals surface area (Å²) in [7, 11) is 0. The van der Waals surface area contributed by atoms with Gasteiger partial charge in [-0.05, 0) is 6.92 Å². The van der Waals surface area contributed by atoms with Crippen molar-refractivity contribution in [1.82, 2.24) is 0 Å². The van der Waals surface area contributed by atoms with E-state index >= 15 is 0 Å². The fourth-order valence-corrected chi connectivity index (χ4v) is 0.253. The van der Waals surface area contributed by atoms with Crippen LogP contribution in [0.4, 0.5) is 0 Å². The monoisotopic (exact) mass is 106 g/mol. The van der Waals surface area contributed by atoms with Gasteiger partial charge >= 0.3 is 5.97 Å². The van der Waals surface area contributed by atoms with E-state index in [-0.39, 0.29) is 6.42 Å². The predicted octanol–water partition coefficient (Wildman–Crippen LogP) is -0.158. The van der Waals surface area contributed by atoms with Gasteiger partial charge in [-0.25, -0.2) is 0 Å². The van der Waals surface area contributed by atoms with Crippen molar-refractivity contribution in [1.29, 1.82) is 0 Å². The van der Waals surface area contributed by atoms with Crippen molar-refractivity contribution in [2.75, 3.05) is 0 Å². The van der Waals surface area contributed by atoms with Crippen molar-refractivity contribution in [2.24, 2.45) is 0 Å². The SMILES string of the molecule is [13CH3][C@@H](O)[13CH2]C(=O)O. The maximum absolute atomic E-state index is 9.65. The fraction of sp³-hybridized carbons (Fsp3) is 0.750. The lowest BCUT2D eigenvalue weighted by atomic mass is 10.7. The Bertz CT molecular complexity index is 67.3. The van der Waals surface area contributed by atoms with E-state index in [0.717, 1.165) is 0 Å². The Hall–Kier alpha value is -0.570. The Labute approximate surface area is 41.6 Å². The molecule has 0 aliphatic rings. The number of aliphatic carboxylic acids is 1. The molecule has 2 N–H and O–H groups in total. The Morgan fingerprint density at radius 2 is 2.29 bits per heavy atom. The van der Waals surface area contributed by atoms with Gasteiger partial charge in [0.1, 0.15) is 0 Å². The zero-order valence-corrected chi connectivity index (χ0v) is 4.09. The van der Waals surface area contributed by atoms with Gasteiger partial charge < -0.3 is 10.2 Å². The third kappa shape index (κ3) is 5.43. The lowest BCUT2D eigenvalue weighted by Gasteiger charge is -1.94. The minimum atomic E-state index is -0.963. The molecule has 0 saturated carbocycles. The van der Waals surface area contributed by atoms with Crippen molar-refractivity contribution < 1.29 is 15.0 Å². The van der Waals surface area contributed by atoms with Crippen LogP contribution in [0.1, 0.15) is 13.3 Å². The van der Waals surface area contributed by atoms with Gasteiger partial charge in [-0.2, -0.15) is 0 Å². The van der Waals surface area contributed by atoms with Gasteiger partial charge in [0.25, 0.3) is 0 Å². The van der Waals surface area contributed by atoms with E-state index in [1.165, 1.54) is 6.92 Å². The van der Waals surface area contributed by atoms with Gasteiger partial charge in [0.2, 0.25) is 0 Å². The third-order valence-electron chi connectivity index (χ3n) is 0.470. The quantitative estimate of drug-likeness (QED) is 0.481. The van der Waals surface area contributed by atoms with Crippen molar-refractivity contribution in [3.8, 4) is 0 Å². The highest BCUT2D eigenvalue weighted by molar-refractivity contribution is 5.67. The van der Waals surface area contributed by atoms with Crippen molar-refractivity contribution >= 4 is 5.97 Å². The van der Waals surface area contributed by atoms with Gasteiger partial charge in [-0.3, -0.25) is 4.79 Å². The third-order valence-corrected chi connectivity index (χ3v) is 0.470. The molecule has 0 heterocycles. The first-order chi connectivity index (χ1) is 3.13. The lowest BCUT2D eigenvalue weighted by Crippen LogP contribution is -2.07. The summed E-state index contributed by atoms with van der Waals surface area (Å²) in [5, 5.41) is 16.3. The van der Waals surface area contributed by atoms with Gasteiger partial charge in [0, 0.05) is 0 Å². The summed E-state index contributed by atoms with van der Waals surface area (Å²) in [4.78, 5) is 9.65. The van der Waals surface area contributed by atoms with E-state index in [1.54, 1.807) is 0 Å². The molecule has 0 bridgehead atoms. The highest BCUT2D eigenvalue weighted by Gasteiger charge is 2.00. The number of carbonyl (C=O) groups is 1. The second kappa shape index (κ2) is 2.58. The number of aliphatic hydroxyl groups excluding tert-OH is 1. The van der Waals surface area contributed by atoms with Crippen LogP contribution < -0.4 is 0 Å². The maximum Gasteiger partial charge on any atom is 0.305 e. The maximum atomic E-state index is 9.65. The number of carboxylic acid groups (broad SMARTS) is 1. The molecule has 3 nitrogen and oxygen atoms in total. The van der Waals surface area contributed by atoms with E-state index in [4.69, 9.17) is 10.2 Å². The molecule has 0 unspecified atom stereocenters. The molecule has 1 atom stereocenters. The van der Waals surface area contributed by atoms with Gasteiger partial charge in [-0.1, -0.05) is 0 Å². The van der Waals surface area contributed by atoms with Crippen molar-refractivity contribution in [3.63, 3.8) is 0 Å². The summed E-state index contributed by atoms with van der Waals surface area (Å²) in [6.45, 7) is 1.44. The molecule has 0 fully saturated rings. The normalized spacial score (nSPS) is 13.4. The van der Waals surface area contributed by atoms with Crippen LogP contribution >= 0.6 is 0 Å². The van der Waals surface area contributed by atoms with E-state index in [1.807, 2.05) is 0 Å². The topological polar surface area (TPSA) is 57.5 Å². The number of carboxylic acids is 1. The first kappa shape index (κ1) is 6.43. The molecular formula is C4H8O3. The van der Waals surface area contributed by atoms with Crippen LogP contribution in [0.2, 0.25) is 0 Å². The predicted molar refractivity (Wildman–Crippen MR) is 23.9 cm³/mol. The average Bonchev–Trinajstić information content (AvgIpc) is 1.27. The Morgan fingerprint density at radius 3 is 2.29 bits per heavy atom. The minimum Gasteiger partial charge on any atom is -0.481 e. The molecule has 0 rings (SSSR count). The van der Waals surface area contributed by atoms with Crippen LogP contribution in [-0.2, 0) is 4.79 Å². The standard InChI is InChI=1S/C4H8O3/c1-3(5)2-4(6)7/h3,5H,2H2,1H3,(H,6,7)/t3-/m1/s1/i1+1,2+1. The van der Waals surface area contributed by atoms with Crippen molar-refractivity contribution in [3.05, 3.63) is 0 Å². The molecule has 42 valence electrons. The number of hydrogen-bond donors (Lipinski definition) is 2. The Morgan fingerprint density at radius 1 is 1.86 bits per heavy atom. The summed E-state index contributed by atoms with van der Waals surface area (Å²) in [6, 6.07) is 0. The molecule has 0 radical (unpaired) electrons. The summed E-state index contributed by atoms with van der Waals surface area (Å²) in [6.07, 6.45) is -0.891. The van der Waals surface area contributed by atoms with E-state index in [9.17, 15) is 4.79 Å². The number of hydrogen-bond acceptors (Lipinski definition) is 2. The summed E-state index contributed by atoms with van der Waals surface area (Å²) < 4.78 is 0. The molecule has 0 aromatic rings. The largest absolute Gasteiger partial charge is 0.481 e. The van der Waals surface area contributed by atoms with E-state index < -0.39 is 12.1 Å². The van der Waals surface area contributed by atoms with Crippen LogP contribution in [0.15, 0.2) is 0 Å². The molecule has 0 aromatic carbocycles. The summed E-state index contributed by atoms with van der Waals surface area (Å²) in [5.74, 6) is -0.963. The molecule has 3 heteroatoms. The highest BCUT2D eigenvalue weighted by Crippen LogP contribution is 1.85. The van der Waals surface area contributed by atoms with Crippen LogP contribution in [0.3, 0.4) is 0 Å². The van der Waals surface area contributed by atoms with E-state index in [0.29, 0.717) is 0 Å². The van der Waals surface area contributed by atoms with Crippen molar-refractivity contribution in [2.45, 2.75) is 19.4 Å². The minimum absolute atomic E-state index is 0.167. The molecular weight excluding hydrogens is 98.0 g/mol. The molecule has 0 saturated heterocycles.